The number of nitrogens with one attached hydrogen (secondary N) is 2. The van der Waals surface area contributed by atoms with Gasteiger partial charge in [0.25, 0.3) is 0 Å². The van der Waals surface area contributed by atoms with Crippen molar-refractivity contribution in [3.05, 3.63) is 0 Å². The summed E-state index contributed by atoms with van der Waals surface area (Å²) >= 11 is 0. The van der Waals surface area contributed by atoms with Gasteiger partial charge in [-0.3, -0.25) is 0 Å². The van der Waals surface area contributed by atoms with E-state index in [0.717, 1.165) is 19.5 Å². The zero-order chi connectivity index (χ0) is 14.5. The molecule has 1 heterocycles. The van der Waals surface area contributed by atoms with Crippen molar-refractivity contribution in [1.29, 1.82) is 0 Å². The number of carbonyl (C=O) groups excluding carboxylic acids is 1. The fourth-order valence-electron chi connectivity index (χ4n) is 2.24. The van der Waals surface area contributed by atoms with Crippen LogP contribution in [0, 0.1) is 0 Å². The van der Waals surface area contributed by atoms with Crippen LogP contribution in [0.15, 0.2) is 0 Å². The van der Waals surface area contributed by atoms with E-state index in [1.165, 1.54) is 6.42 Å². The van der Waals surface area contributed by atoms with Gasteiger partial charge < -0.3 is 20.3 Å². The molecule has 0 bridgehead atoms. The molecule has 1 fully saturated rings. The van der Waals surface area contributed by atoms with Crippen molar-refractivity contribution in [3.63, 3.8) is 0 Å². The van der Waals surface area contributed by atoms with Crippen molar-refractivity contribution in [2.45, 2.75) is 58.2 Å². The van der Waals surface area contributed by atoms with Gasteiger partial charge in [0.2, 0.25) is 0 Å². The maximum absolute atomic E-state index is 11.4. The average Bonchev–Trinajstić information content (AvgIpc) is 2.55. The molecule has 5 heteroatoms. The van der Waals surface area contributed by atoms with Crippen molar-refractivity contribution in [2.75, 3.05) is 26.7 Å². The fraction of sp³-hybridized carbons (Fsp3) is 0.929. The quantitative estimate of drug-likeness (QED) is 0.746. The topological polar surface area (TPSA) is 53.6 Å². The number of rotatable bonds is 5. The van der Waals surface area contributed by atoms with Crippen molar-refractivity contribution >= 4 is 6.09 Å². The molecule has 1 amide bonds. The molecule has 2 atom stereocenters. The molecule has 1 saturated heterocycles. The third-order valence-corrected chi connectivity index (χ3v) is 3.34. The predicted octanol–water partition coefficient (Wildman–Crippen LogP) is 1.58. The van der Waals surface area contributed by atoms with Crippen molar-refractivity contribution in [3.8, 4) is 0 Å². The first-order valence-electron chi connectivity index (χ1n) is 7.18. The molecule has 0 aromatic carbocycles. The van der Waals surface area contributed by atoms with Gasteiger partial charge in [-0.1, -0.05) is 0 Å². The van der Waals surface area contributed by atoms with Crippen LogP contribution in [0.2, 0.25) is 0 Å². The van der Waals surface area contributed by atoms with Crippen LogP contribution in [0.25, 0.3) is 0 Å². The summed E-state index contributed by atoms with van der Waals surface area (Å²) in [6, 6.07) is 1.25. The minimum absolute atomic E-state index is 0.332. The Labute approximate surface area is 117 Å². The maximum atomic E-state index is 11.4. The summed E-state index contributed by atoms with van der Waals surface area (Å²) in [5, 5.41) is 6.30. The summed E-state index contributed by atoms with van der Waals surface area (Å²) in [5.74, 6) is 0. The summed E-state index contributed by atoms with van der Waals surface area (Å²) in [6.45, 7) is 10.6. The second-order valence-electron chi connectivity index (χ2n) is 6.46. The van der Waals surface area contributed by atoms with E-state index in [2.05, 4.69) is 29.5 Å². The van der Waals surface area contributed by atoms with E-state index in [1.54, 1.807) is 0 Å². The molecular weight excluding hydrogens is 242 g/mol. The summed E-state index contributed by atoms with van der Waals surface area (Å²) in [7, 11) is 2.16. The van der Waals surface area contributed by atoms with Crippen LogP contribution in [0.5, 0.6) is 0 Å². The number of carbonyl (C=O) groups is 1. The van der Waals surface area contributed by atoms with Gasteiger partial charge in [0.1, 0.15) is 5.60 Å². The Balaban J connectivity index is 2.01. The summed E-state index contributed by atoms with van der Waals surface area (Å²) in [6.07, 6.45) is 1.80. The number of hydrogen-bond acceptors (Lipinski definition) is 4. The van der Waals surface area contributed by atoms with Gasteiger partial charge >= 0.3 is 6.09 Å². The van der Waals surface area contributed by atoms with Crippen LogP contribution in [0.4, 0.5) is 4.79 Å². The Morgan fingerprint density at radius 3 is 2.58 bits per heavy atom. The standard InChI is InChI=1S/C14H29N3O2/c1-11-9-12(10-17(11)5)15-7-6-8-16-13(18)19-14(2,3)4/h11-12,15H,6-10H2,1-5H3,(H,16,18)/t11-,12+/m1/s1. The minimum atomic E-state index is -0.424. The van der Waals surface area contributed by atoms with E-state index in [4.69, 9.17) is 4.74 Å². The molecule has 0 radical (unpaired) electrons. The molecule has 5 nitrogen and oxygen atoms in total. The Kier molecular flexibility index (Phi) is 6.07. The van der Waals surface area contributed by atoms with Crippen molar-refractivity contribution in [2.24, 2.45) is 0 Å². The number of nitrogens with zero attached hydrogens (tertiary/aromatic N) is 1. The highest BCUT2D eigenvalue weighted by molar-refractivity contribution is 5.67. The zero-order valence-electron chi connectivity index (χ0n) is 13.0. The molecule has 0 spiro atoms. The van der Waals surface area contributed by atoms with Gasteiger partial charge in [0.15, 0.2) is 0 Å². The summed E-state index contributed by atoms with van der Waals surface area (Å²) in [5.41, 5.74) is -0.424. The zero-order valence-corrected chi connectivity index (χ0v) is 13.0. The molecule has 2 N–H and O–H groups in total. The first-order chi connectivity index (χ1) is 8.78. The average molecular weight is 271 g/mol. The molecular formula is C14H29N3O2. The predicted molar refractivity (Wildman–Crippen MR) is 77.4 cm³/mol. The van der Waals surface area contributed by atoms with Crippen molar-refractivity contribution < 1.29 is 9.53 Å². The third kappa shape index (κ3) is 6.78. The number of alkyl carbamates (subject to hydrolysis) is 1. The van der Waals surface area contributed by atoms with Gasteiger partial charge in [0.05, 0.1) is 0 Å². The number of hydrogen-bond donors (Lipinski definition) is 2. The van der Waals surface area contributed by atoms with Gasteiger partial charge in [0, 0.05) is 25.2 Å². The molecule has 0 aromatic rings. The normalized spacial score (nSPS) is 24.5. The van der Waals surface area contributed by atoms with E-state index in [9.17, 15) is 4.79 Å². The molecule has 0 unspecified atom stereocenters. The first-order valence-corrected chi connectivity index (χ1v) is 7.18. The number of ether oxygens (including phenoxy) is 1. The largest absolute Gasteiger partial charge is 0.444 e. The van der Waals surface area contributed by atoms with Crippen LogP contribution in [0.3, 0.4) is 0 Å². The van der Waals surface area contributed by atoms with Crippen LogP contribution in [0.1, 0.15) is 40.5 Å². The van der Waals surface area contributed by atoms with E-state index in [0.29, 0.717) is 18.6 Å². The van der Waals surface area contributed by atoms with E-state index in [1.807, 2.05) is 20.8 Å². The van der Waals surface area contributed by atoms with Crippen LogP contribution in [-0.4, -0.2) is 55.4 Å². The lowest BCUT2D eigenvalue weighted by molar-refractivity contribution is 0.0527. The second kappa shape index (κ2) is 7.10. The monoisotopic (exact) mass is 271 g/mol. The molecule has 1 rings (SSSR count). The lowest BCUT2D eigenvalue weighted by Gasteiger charge is -2.19. The Bertz CT molecular complexity index is 279. The van der Waals surface area contributed by atoms with Gasteiger partial charge in [-0.2, -0.15) is 0 Å². The van der Waals surface area contributed by atoms with E-state index >= 15 is 0 Å². The SMILES string of the molecule is C[C@@H]1C[C@H](NCCCNC(=O)OC(C)(C)C)CN1C. The summed E-state index contributed by atoms with van der Waals surface area (Å²) < 4.78 is 5.17. The third-order valence-electron chi connectivity index (χ3n) is 3.34. The van der Waals surface area contributed by atoms with E-state index < -0.39 is 5.60 Å². The lowest BCUT2D eigenvalue weighted by Crippen LogP contribution is -2.36. The minimum Gasteiger partial charge on any atom is -0.444 e. The van der Waals surface area contributed by atoms with Gasteiger partial charge in [-0.15, -0.1) is 0 Å². The van der Waals surface area contributed by atoms with Crippen LogP contribution < -0.4 is 10.6 Å². The second-order valence-corrected chi connectivity index (χ2v) is 6.46. The fourth-order valence-corrected chi connectivity index (χ4v) is 2.24. The molecule has 0 saturated carbocycles. The highest BCUT2D eigenvalue weighted by Crippen LogP contribution is 2.14. The van der Waals surface area contributed by atoms with Gasteiger partial charge in [-0.05, 0) is 54.1 Å². The molecule has 0 aliphatic carbocycles. The lowest BCUT2D eigenvalue weighted by atomic mass is 10.2. The molecule has 19 heavy (non-hydrogen) atoms. The number of amides is 1. The Morgan fingerprint density at radius 2 is 2.05 bits per heavy atom. The first kappa shape index (κ1) is 16.2. The molecule has 112 valence electrons. The molecule has 1 aliphatic rings. The smallest absolute Gasteiger partial charge is 0.407 e. The van der Waals surface area contributed by atoms with Crippen LogP contribution in [-0.2, 0) is 4.74 Å². The summed E-state index contributed by atoms with van der Waals surface area (Å²) in [4.78, 5) is 13.8. The molecule has 0 aromatic heterocycles. The van der Waals surface area contributed by atoms with Crippen LogP contribution >= 0.6 is 0 Å². The highest BCUT2D eigenvalue weighted by Gasteiger charge is 2.25. The van der Waals surface area contributed by atoms with Gasteiger partial charge in [-0.25, -0.2) is 4.79 Å². The molecule has 1 aliphatic heterocycles. The Hall–Kier alpha value is -0.810. The highest BCUT2D eigenvalue weighted by atomic mass is 16.6. The maximum Gasteiger partial charge on any atom is 0.407 e. The van der Waals surface area contributed by atoms with Crippen molar-refractivity contribution in [1.82, 2.24) is 15.5 Å². The van der Waals surface area contributed by atoms with E-state index in [-0.39, 0.29) is 6.09 Å². The number of likely N-dealkylation sites (N-methyl/N-ethyl adjacent to an activating group) is 1. The Morgan fingerprint density at radius 1 is 1.37 bits per heavy atom. The number of likely N-dealkylation sites (tertiary alicyclic amines) is 1.